The lowest BCUT2D eigenvalue weighted by molar-refractivity contribution is -0.145. The number of nitrogens with zero attached hydrogens (tertiary/aromatic N) is 1. The second-order valence-electron chi connectivity index (χ2n) is 3.75. The van der Waals surface area contributed by atoms with E-state index < -0.39 is 15.8 Å². The standard InChI is InChI=1S/C10H19NO5S/c1-4-16-10(13)6-5-9(12)11(2)7-8-17(3,14)15/h4-8H2,1-3H3. The molecule has 0 aliphatic heterocycles. The molecule has 0 unspecified atom stereocenters. The van der Waals surface area contributed by atoms with E-state index in [0.717, 1.165) is 6.26 Å². The van der Waals surface area contributed by atoms with Gasteiger partial charge in [0.15, 0.2) is 0 Å². The highest BCUT2D eigenvalue weighted by Gasteiger charge is 2.13. The highest BCUT2D eigenvalue weighted by molar-refractivity contribution is 7.90. The van der Waals surface area contributed by atoms with Gasteiger partial charge in [0.05, 0.1) is 18.8 Å². The Kier molecular flexibility index (Phi) is 6.79. The van der Waals surface area contributed by atoms with E-state index >= 15 is 0 Å². The van der Waals surface area contributed by atoms with Gasteiger partial charge in [-0.15, -0.1) is 0 Å². The maximum Gasteiger partial charge on any atom is 0.306 e. The monoisotopic (exact) mass is 265 g/mol. The third-order valence-corrected chi connectivity index (χ3v) is 3.00. The van der Waals surface area contributed by atoms with Crippen LogP contribution in [0, 0.1) is 0 Å². The highest BCUT2D eigenvalue weighted by Crippen LogP contribution is 1.98. The Hall–Kier alpha value is -1.11. The molecule has 6 nitrogen and oxygen atoms in total. The molecule has 100 valence electrons. The molecule has 0 saturated heterocycles. The van der Waals surface area contributed by atoms with Crippen molar-refractivity contribution in [2.45, 2.75) is 19.8 Å². The lowest BCUT2D eigenvalue weighted by Gasteiger charge is -2.16. The Morgan fingerprint density at radius 1 is 1.24 bits per heavy atom. The van der Waals surface area contributed by atoms with Gasteiger partial charge in [-0.05, 0) is 6.92 Å². The summed E-state index contributed by atoms with van der Waals surface area (Å²) in [6.07, 6.45) is 1.18. The zero-order valence-corrected chi connectivity index (χ0v) is 11.2. The van der Waals surface area contributed by atoms with Crippen LogP contribution in [0.2, 0.25) is 0 Å². The number of hydrogen-bond acceptors (Lipinski definition) is 5. The molecule has 0 aromatic heterocycles. The molecular weight excluding hydrogens is 246 g/mol. The van der Waals surface area contributed by atoms with E-state index in [0.29, 0.717) is 0 Å². The van der Waals surface area contributed by atoms with Crippen LogP contribution < -0.4 is 0 Å². The first kappa shape index (κ1) is 15.9. The predicted molar refractivity (Wildman–Crippen MR) is 63.2 cm³/mol. The molecule has 0 heterocycles. The third kappa shape index (κ3) is 8.67. The minimum absolute atomic E-state index is 0.0237. The number of ether oxygens (including phenoxy) is 1. The summed E-state index contributed by atoms with van der Waals surface area (Å²) in [6, 6.07) is 0. The summed E-state index contributed by atoms with van der Waals surface area (Å²) in [6.45, 7) is 2.12. The molecule has 0 rings (SSSR count). The number of carbonyl (C=O) groups is 2. The smallest absolute Gasteiger partial charge is 0.306 e. The summed E-state index contributed by atoms with van der Waals surface area (Å²) >= 11 is 0. The van der Waals surface area contributed by atoms with E-state index in [1.165, 1.54) is 11.9 Å². The first-order valence-electron chi connectivity index (χ1n) is 5.33. The molecular formula is C10H19NO5S. The van der Waals surface area contributed by atoms with Gasteiger partial charge in [0.1, 0.15) is 9.84 Å². The molecule has 0 bridgehead atoms. The molecule has 0 aliphatic carbocycles. The van der Waals surface area contributed by atoms with Crippen LogP contribution in [0.3, 0.4) is 0 Å². The Morgan fingerprint density at radius 2 is 1.82 bits per heavy atom. The van der Waals surface area contributed by atoms with Gasteiger partial charge in [-0.25, -0.2) is 8.42 Å². The second-order valence-corrected chi connectivity index (χ2v) is 6.01. The van der Waals surface area contributed by atoms with Crippen LogP contribution in [0.1, 0.15) is 19.8 Å². The zero-order valence-electron chi connectivity index (χ0n) is 10.4. The predicted octanol–water partition coefficient (Wildman–Crippen LogP) is -0.167. The van der Waals surface area contributed by atoms with Gasteiger partial charge < -0.3 is 9.64 Å². The molecule has 7 heteroatoms. The normalized spacial score (nSPS) is 11.0. The average Bonchev–Trinajstić information content (AvgIpc) is 2.22. The lowest BCUT2D eigenvalue weighted by atomic mass is 10.3. The molecule has 0 aromatic carbocycles. The molecule has 0 radical (unpaired) electrons. The zero-order chi connectivity index (χ0) is 13.5. The molecule has 17 heavy (non-hydrogen) atoms. The molecule has 0 spiro atoms. The van der Waals surface area contributed by atoms with E-state index in [4.69, 9.17) is 0 Å². The van der Waals surface area contributed by atoms with E-state index in [1.54, 1.807) is 6.92 Å². The SMILES string of the molecule is CCOC(=O)CCC(=O)N(C)CCS(C)(=O)=O. The van der Waals surface area contributed by atoms with Crippen LogP contribution in [-0.2, 0) is 24.2 Å². The molecule has 0 saturated carbocycles. The van der Waals surface area contributed by atoms with Crippen molar-refractivity contribution in [3.05, 3.63) is 0 Å². The Balaban J connectivity index is 3.94. The van der Waals surface area contributed by atoms with E-state index in [2.05, 4.69) is 4.74 Å². The Morgan fingerprint density at radius 3 is 2.29 bits per heavy atom. The van der Waals surface area contributed by atoms with Crippen molar-refractivity contribution in [1.82, 2.24) is 4.90 Å². The molecule has 0 N–H and O–H groups in total. The summed E-state index contributed by atoms with van der Waals surface area (Å²) in [4.78, 5) is 23.8. The van der Waals surface area contributed by atoms with Crippen molar-refractivity contribution in [2.24, 2.45) is 0 Å². The van der Waals surface area contributed by atoms with Crippen LogP contribution in [-0.4, -0.2) is 57.4 Å². The number of hydrogen-bond donors (Lipinski definition) is 0. The van der Waals surface area contributed by atoms with Crippen LogP contribution in [0.4, 0.5) is 0 Å². The first-order valence-corrected chi connectivity index (χ1v) is 7.39. The van der Waals surface area contributed by atoms with Crippen molar-refractivity contribution < 1.29 is 22.7 Å². The number of sulfone groups is 1. The van der Waals surface area contributed by atoms with E-state index in [9.17, 15) is 18.0 Å². The Bertz CT molecular complexity index is 363. The van der Waals surface area contributed by atoms with E-state index in [1.807, 2.05) is 0 Å². The Labute approximate surface area is 102 Å². The summed E-state index contributed by atoms with van der Waals surface area (Å²) in [5.41, 5.74) is 0. The van der Waals surface area contributed by atoms with Gasteiger partial charge >= 0.3 is 5.97 Å². The molecule has 0 fully saturated rings. The summed E-state index contributed by atoms with van der Waals surface area (Å²) in [5.74, 6) is -0.756. The van der Waals surface area contributed by atoms with Gasteiger partial charge in [0.2, 0.25) is 5.91 Å². The summed E-state index contributed by atoms with van der Waals surface area (Å²) < 4.78 is 26.5. The largest absolute Gasteiger partial charge is 0.466 e. The summed E-state index contributed by atoms with van der Waals surface area (Å²) in [5, 5.41) is 0. The van der Waals surface area contributed by atoms with Crippen LogP contribution in [0.5, 0.6) is 0 Å². The van der Waals surface area contributed by atoms with Gasteiger partial charge in [0, 0.05) is 26.3 Å². The fourth-order valence-electron chi connectivity index (χ4n) is 1.06. The van der Waals surface area contributed by atoms with Crippen LogP contribution in [0.25, 0.3) is 0 Å². The molecule has 0 aliphatic rings. The number of carbonyl (C=O) groups excluding carboxylic acids is 2. The number of esters is 1. The van der Waals surface area contributed by atoms with Crippen molar-refractivity contribution in [3.8, 4) is 0 Å². The van der Waals surface area contributed by atoms with Crippen LogP contribution >= 0.6 is 0 Å². The highest BCUT2D eigenvalue weighted by atomic mass is 32.2. The van der Waals surface area contributed by atoms with Crippen molar-refractivity contribution in [3.63, 3.8) is 0 Å². The van der Waals surface area contributed by atoms with E-state index in [-0.39, 0.29) is 37.7 Å². The maximum atomic E-state index is 11.5. The van der Waals surface area contributed by atoms with Gasteiger partial charge in [-0.2, -0.15) is 0 Å². The van der Waals surface area contributed by atoms with Gasteiger partial charge in [-0.3, -0.25) is 9.59 Å². The number of rotatable bonds is 7. The fraction of sp³-hybridized carbons (Fsp3) is 0.800. The maximum absolute atomic E-state index is 11.5. The van der Waals surface area contributed by atoms with Crippen molar-refractivity contribution in [1.29, 1.82) is 0 Å². The lowest BCUT2D eigenvalue weighted by Crippen LogP contribution is -2.31. The first-order chi connectivity index (χ1) is 7.76. The minimum Gasteiger partial charge on any atom is -0.466 e. The molecule has 1 amide bonds. The fourth-order valence-corrected chi connectivity index (χ4v) is 1.67. The second kappa shape index (κ2) is 7.26. The van der Waals surface area contributed by atoms with Gasteiger partial charge in [-0.1, -0.05) is 0 Å². The van der Waals surface area contributed by atoms with Crippen molar-refractivity contribution in [2.75, 3.05) is 32.2 Å². The molecule has 0 aromatic rings. The quantitative estimate of drug-likeness (QED) is 0.597. The third-order valence-electron chi connectivity index (χ3n) is 2.07. The number of amides is 1. The topological polar surface area (TPSA) is 80.8 Å². The van der Waals surface area contributed by atoms with Crippen molar-refractivity contribution >= 4 is 21.7 Å². The molecule has 0 atom stereocenters. The van der Waals surface area contributed by atoms with Crippen LogP contribution in [0.15, 0.2) is 0 Å². The minimum atomic E-state index is -3.08. The average molecular weight is 265 g/mol. The van der Waals surface area contributed by atoms with Gasteiger partial charge in [0.25, 0.3) is 0 Å². The summed E-state index contributed by atoms with van der Waals surface area (Å²) in [7, 11) is -1.57.